The molecule has 0 aliphatic carbocycles. The number of hydrogen-bond donors (Lipinski definition) is 2. The van der Waals surface area contributed by atoms with E-state index in [1.165, 1.54) is 11.3 Å². The number of rotatable bonds is 6. The van der Waals surface area contributed by atoms with E-state index in [1.54, 1.807) is 6.07 Å². The average Bonchev–Trinajstić information content (AvgIpc) is 2.63. The van der Waals surface area contributed by atoms with Crippen molar-refractivity contribution in [1.82, 2.24) is 5.32 Å². The summed E-state index contributed by atoms with van der Waals surface area (Å²) in [5.74, 6) is 0.240. The Balaban J connectivity index is 2.33. The Morgan fingerprint density at radius 1 is 1.59 bits per heavy atom. The van der Waals surface area contributed by atoms with E-state index in [0.29, 0.717) is 18.0 Å². The van der Waals surface area contributed by atoms with Crippen molar-refractivity contribution in [2.45, 2.75) is 19.8 Å². The summed E-state index contributed by atoms with van der Waals surface area (Å²) in [5, 5.41) is 11.7. The topological polar surface area (TPSA) is 49.3 Å². The molecule has 1 rings (SSSR count). The predicted octanol–water partition coefficient (Wildman–Crippen LogP) is 3.41. The summed E-state index contributed by atoms with van der Waals surface area (Å²) in [5.41, 5.74) is 0.664. The third-order valence-corrected chi connectivity index (χ3v) is 4.71. The molecule has 6 heteroatoms. The Morgan fingerprint density at radius 2 is 2.29 bits per heavy atom. The molecule has 0 saturated heterocycles. The highest BCUT2D eigenvalue weighted by Gasteiger charge is 2.12. The standard InChI is InChI=1S/C11H15Br2NO2S/c1-7(6-15)3-2-4-14-11(16)8-5-9(12)17-10(8)13/h5,7,15H,2-4,6H2,1H3,(H,14,16). The molecule has 1 amide bonds. The highest BCUT2D eigenvalue weighted by molar-refractivity contribution is 9.12. The molecular formula is C11H15Br2NO2S. The van der Waals surface area contributed by atoms with Crippen LogP contribution in [0.25, 0.3) is 0 Å². The van der Waals surface area contributed by atoms with Crippen LogP contribution in [0.3, 0.4) is 0 Å². The molecule has 0 aliphatic heterocycles. The van der Waals surface area contributed by atoms with Crippen LogP contribution in [0, 0.1) is 5.92 Å². The summed E-state index contributed by atoms with van der Waals surface area (Å²) in [6.45, 7) is 2.84. The largest absolute Gasteiger partial charge is 0.396 e. The Morgan fingerprint density at radius 3 is 2.82 bits per heavy atom. The summed E-state index contributed by atoms with van der Waals surface area (Å²) >= 11 is 8.18. The van der Waals surface area contributed by atoms with Crippen molar-refractivity contribution in [2.75, 3.05) is 13.2 Å². The molecule has 96 valence electrons. The first-order chi connectivity index (χ1) is 8.04. The van der Waals surface area contributed by atoms with Crippen LogP contribution in [-0.2, 0) is 0 Å². The molecule has 0 fully saturated rings. The minimum absolute atomic E-state index is 0.0597. The molecule has 2 N–H and O–H groups in total. The van der Waals surface area contributed by atoms with Crippen molar-refractivity contribution in [2.24, 2.45) is 5.92 Å². The lowest BCUT2D eigenvalue weighted by Crippen LogP contribution is -2.24. The third-order valence-electron chi connectivity index (χ3n) is 2.37. The third kappa shape index (κ3) is 5.07. The summed E-state index contributed by atoms with van der Waals surface area (Å²) in [4.78, 5) is 11.8. The lowest BCUT2D eigenvalue weighted by Gasteiger charge is -2.08. The van der Waals surface area contributed by atoms with Gasteiger partial charge in [-0.3, -0.25) is 4.79 Å². The SMILES string of the molecule is CC(CO)CCCNC(=O)c1cc(Br)sc1Br. The Labute approximate surface area is 122 Å². The van der Waals surface area contributed by atoms with Crippen LogP contribution in [0.4, 0.5) is 0 Å². The highest BCUT2D eigenvalue weighted by Crippen LogP contribution is 2.31. The molecule has 0 aliphatic rings. The fraction of sp³-hybridized carbons (Fsp3) is 0.545. The van der Waals surface area contributed by atoms with Gasteiger partial charge in [-0.05, 0) is 56.7 Å². The molecule has 1 unspecified atom stereocenters. The van der Waals surface area contributed by atoms with Crippen LogP contribution in [0.2, 0.25) is 0 Å². The summed E-state index contributed by atoms with van der Waals surface area (Å²) in [7, 11) is 0. The molecule has 1 aromatic heterocycles. The number of halogens is 2. The van der Waals surface area contributed by atoms with Crippen molar-refractivity contribution >= 4 is 49.1 Å². The molecule has 0 aromatic carbocycles. The minimum atomic E-state index is -0.0597. The molecule has 1 atom stereocenters. The Kier molecular flexibility index (Phi) is 6.69. The quantitative estimate of drug-likeness (QED) is 0.738. The van der Waals surface area contributed by atoms with Crippen molar-refractivity contribution < 1.29 is 9.90 Å². The number of aliphatic hydroxyl groups is 1. The first-order valence-electron chi connectivity index (χ1n) is 5.38. The van der Waals surface area contributed by atoms with E-state index >= 15 is 0 Å². The van der Waals surface area contributed by atoms with Gasteiger partial charge < -0.3 is 10.4 Å². The zero-order valence-electron chi connectivity index (χ0n) is 9.50. The molecule has 17 heavy (non-hydrogen) atoms. The number of nitrogens with one attached hydrogen (secondary N) is 1. The number of aliphatic hydroxyl groups excluding tert-OH is 1. The van der Waals surface area contributed by atoms with Crippen LogP contribution in [0.1, 0.15) is 30.1 Å². The van der Waals surface area contributed by atoms with Crippen LogP contribution in [0.15, 0.2) is 13.6 Å². The first-order valence-corrected chi connectivity index (χ1v) is 7.78. The summed E-state index contributed by atoms with van der Waals surface area (Å²) in [6, 6.07) is 1.81. The van der Waals surface area contributed by atoms with Gasteiger partial charge in [0.25, 0.3) is 5.91 Å². The van der Waals surface area contributed by atoms with Crippen LogP contribution >= 0.6 is 43.2 Å². The summed E-state index contributed by atoms with van der Waals surface area (Å²) in [6.07, 6.45) is 1.81. The maximum absolute atomic E-state index is 11.8. The number of thiophene rings is 1. The molecule has 1 aromatic rings. The fourth-order valence-corrected chi connectivity index (χ4v) is 4.13. The second-order valence-corrected chi connectivity index (χ2v) is 7.67. The number of carbonyl (C=O) groups is 1. The van der Waals surface area contributed by atoms with Gasteiger partial charge in [0.15, 0.2) is 0 Å². The van der Waals surface area contributed by atoms with E-state index < -0.39 is 0 Å². The van der Waals surface area contributed by atoms with Gasteiger partial charge in [-0.25, -0.2) is 0 Å². The lowest BCUT2D eigenvalue weighted by molar-refractivity contribution is 0.0952. The monoisotopic (exact) mass is 383 g/mol. The highest BCUT2D eigenvalue weighted by atomic mass is 79.9. The van der Waals surface area contributed by atoms with Crippen LogP contribution in [-0.4, -0.2) is 24.2 Å². The molecule has 0 radical (unpaired) electrons. The molecule has 0 bridgehead atoms. The Bertz CT molecular complexity index is 382. The second kappa shape index (κ2) is 7.51. The minimum Gasteiger partial charge on any atom is -0.396 e. The van der Waals surface area contributed by atoms with Gasteiger partial charge in [0.1, 0.15) is 0 Å². The number of hydrogen-bond acceptors (Lipinski definition) is 3. The van der Waals surface area contributed by atoms with Gasteiger partial charge in [0.2, 0.25) is 0 Å². The second-order valence-electron chi connectivity index (χ2n) is 3.92. The zero-order valence-corrected chi connectivity index (χ0v) is 13.5. The van der Waals surface area contributed by atoms with E-state index in [0.717, 1.165) is 20.4 Å². The Hall–Kier alpha value is 0.0900. The van der Waals surface area contributed by atoms with E-state index in [9.17, 15) is 4.79 Å². The van der Waals surface area contributed by atoms with E-state index in [4.69, 9.17) is 5.11 Å². The molecule has 0 saturated carbocycles. The van der Waals surface area contributed by atoms with E-state index in [-0.39, 0.29) is 12.5 Å². The van der Waals surface area contributed by atoms with Crippen LogP contribution in [0.5, 0.6) is 0 Å². The molecular weight excluding hydrogens is 370 g/mol. The number of carbonyl (C=O) groups excluding carboxylic acids is 1. The van der Waals surface area contributed by atoms with Gasteiger partial charge in [-0.15, -0.1) is 11.3 Å². The molecule has 0 spiro atoms. The van der Waals surface area contributed by atoms with Crippen molar-refractivity contribution in [3.05, 3.63) is 19.2 Å². The zero-order chi connectivity index (χ0) is 12.8. The van der Waals surface area contributed by atoms with Gasteiger partial charge in [0.05, 0.1) is 13.1 Å². The van der Waals surface area contributed by atoms with Crippen molar-refractivity contribution in [3.63, 3.8) is 0 Å². The number of amides is 1. The van der Waals surface area contributed by atoms with Crippen molar-refractivity contribution in [3.8, 4) is 0 Å². The average molecular weight is 385 g/mol. The predicted molar refractivity (Wildman–Crippen MR) is 77.5 cm³/mol. The van der Waals surface area contributed by atoms with Crippen molar-refractivity contribution in [1.29, 1.82) is 0 Å². The maximum Gasteiger partial charge on any atom is 0.253 e. The van der Waals surface area contributed by atoms with Gasteiger partial charge in [0, 0.05) is 13.2 Å². The molecule has 3 nitrogen and oxygen atoms in total. The van der Waals surface area contributed by atoms with E-state index in [1.807, 2.05) is 6.92 Å². The van der Waals surface area contributed by atoms with Crippen LogP contribution < -0.4 is 5.32 Å². The first kappa shape index (κ1) is 15.1. The fourth-order valence-electron chi connectivity index (χ4n) is 1.33. The van der Waals surface area contributed by atoms with Gasteiger partial charge >= 0.3 is 0 Å². The smallest absolute Gasteiger partial charge is 0.253 e. The van der Waals surface area contributed by atoms with Gasteiger partial charge in [-0.1, -0.05) is 6.92 Å². The van der Waals surface area contributed by atoms with Gasteiger partial charge in [-0.2, -0.15) is 0 Å². The molecule has 1 heterocycles. The maximum atomic E-state index is 11.8. The van der Waals surface area contributed by atoms with E-state index in [2.05, 4.69) is 37.2 Å². The lowest BCUT2D eigenvalue weighted by atomic mass is 10.1. The summed E-state index contributed by atoms with van der Waals surface area (Å²) < 4.78 is 1.77. The normalized spacial score (nSPS) is 12.5.